The average molecular weight is 374 g/mol. The number of hydrogen-bond acceptors (Lipinski definition) is 3. The van der Waals surface area contributed by atoms with E-state index in [1.807, 2.05) is 75.4 Å². The van der Waals surface area contributed by atoms with Crippen molar-refractivity contribution in [2.24, 2.45) is 0 Å². The van der Waals surface area contributed by atoms with Crippen molar-refractivity contribution in [2.75, 3.05) is 5.32 Å². The van der Waals surface area contributed by atoms with Crippen LogP contribution in [-0.4, -0.2) is 17.0 Å². The van der Waals surface area contributed by atoms with Crippen molar-refractivity contribution >= 4 is 11.6 Å². The quantitative estimate of drug-likeness (QED) is 0.627. The summed E-state index contributed by atoms with van der Waals surface area (Å²) in [4.78, 5) is 16.7. The van der Waals surface area contributed by atoms with Crippen LogP contribution in [0.4, 0.5) is 5.69 Å². The minimum atomic E-state index is -0.531. The van der Waals surface area contributed by atoms with Gasteiger partial charge in [-0.25, -0.2) is 0 Å². The number of rotatable bonds is 7. The Bertz CT molecular complexity index is 921. The van der Waals surface area contributed by atoms with Crippen molar-refractivity contribution in [3.63, 3.8) is 0 Å². The summed E-state index contributed by atoms with van der Waals surface area (Å²) in [6.45, 7) is 6.00. The number of amides is 1. The number of carbonyl (C=O) groups is 1. The number of aryl methyl sites for hydroxylation is 1. The molecule has 1 N–H and O–H groups in total. The molecule has 1 aromatic heterocycles. The fraction of sp³-hybridized carbons (Fsp3) is 0.250. The van der Waals surface area contributed by atoms with Gasteiger partial charge >= 0.3 is 0 Å². The Morgan fingerprint density at radius 3 is 2.36 bits per heavy atom. The minimum Gasteiger partial charge on any atom is -0.480 e. The number of pyridine rings is 1. The van der Waals surface area contributed by atoms with Gasteiger partial charge in [0.2, 0.25) is 0 Å². The molecular weight excluding hydrogens is 348 g/mol. The van der Waals surface area contributed by atoms with Crippen molar-refractivity contribution in [1.82, 2.24) is 4.98 Å². The normalized spacial score (nSPS) is 11.7. The Labute approximate surface area is 166 Å². The zero-order valence-electron chi connectivity index (χ0n) is 16.6. The van der Waals surface area contributed by atoms with Crippen molar-refractivity contribution < 1.29 is 9.53 Å². The number of nitrogens with one attached hydrogen (secondary N) is 1. The Kier molecular flexibility index (Phi) is 6.43. The first-order valence-corrected chi connectivity index (χ1v) is 9.58. The minimum absolute atomic E-state index is 0.134. The number of anilines is 1. The van der Waals surface area contributed by atoms with E-state index in [-0.39, 0.29) is 5.91 Å². The molecule has 0 spiro atoms. The van der Waals surface area contributed by atoms with Crippen LogP contribution in [0.1, 0.15) is 35.6 Å². The lowest BCUT2D eigenvalue weighted by atomic mass is 10.1. The number of aromatic nitrogens is 1. The molecule has 0 bridgehead atoms. The maximum absolute atomic E-state index is 12.7. The smallest absolute Gasteiger partial charge is 0.265 e. The van der Waals surface area contributed by atoms with Gasteiger partial charge in [-0.05, 0) is 79.3 Å². The molecule has 4 nitrogen and oxygen atoms in total. The SMILES string of the molecule is CC[C@@H](Oc1cccc(C)c1C)C(=O)Nc1ccc(Cc2ccncc2)cc1. The molecule has 4 heteroatoms. The van der Waals surface area contributed by atoms with Crippen LogP contribution in [0.5, 0.6) is 5.75 Å². The second kappa shape index (κ2) is 9.18. The predicted octanol–water partition coefficient (Wildman–Crippen LogP) is 5.09. The summed E-state index contributed by atoms with van der Waals surface area (Å²) in [5.74, 6) is 0.625. The Morgan fingerprint density at radius 2 is 1.68 bits per heavy atom. The van der Waals surface area contributed by atoms with Crippen molar-refractivity contribution in [2.45, 2.75) is 39.7 Å². The maximum atomic E-state index is 12.7. The van der Waals surface area contributed by atoms with Crippen LogP contribution in [0.15, 0.2) is 67.0 Å². The third-order valence-electron chi connectivity index (χ3n) is 4.87. The summed E-state index contributed by atoms with van der Waals surface area (Å²) in [6, 6.07) is 17.8. The van der Waals surface area contributed by atoms with Crippen LogP contribution in [0.25, 0.3) is 0 Å². The third kappa shape index (κ3) is 4.97. The highest BCUT2D eigenvalue weighted by molar-refractivity contribution is 5.94. The van der Waals surface area contributed by atoms with Crippen LogP contribution >= 0.6 is 0 Å². The first kappa shape index (κ1) is 19.6. The van der Waals surface area contributed by atoms with E-state index in [9.17, 15) is 4.79 Å². The van der Waals surface area contributed by atoms with Gasteiger partial charge in [-0.15, -0.1) is 0 Å². The summed E-state index contributed by atoms with van der Waals surface area (Å²) < 4.78 is 5.99. The van der Waals surface area contributed by atoms with Crippen LogP contribution in [0.3, 0.4) is 0 Å². The number of hydrogen-bond donors (Lipinski definition) is 1. The standard InChI is InChI=1S/C24H26N2O2/c1-4-22(28-23-7-5-6-17(2)18(23)3)24(27)26-21-10-8-19(9-11-21)16-20-12-14-25-15-13-20/h5-15,22H,4,16H2,1-3H3,(H,26,27)/t22-/m1/s1. The molecule has 0 aliphatic heterocycles. The van der Waals surface area contributed by atoms with Gasteiger partial charge in [-0.2, -0.15) is 0 Å². The molecule has 1 amide bonds. The first-order valence-electron chi connectivity index (χ1n) is 9.58. The zero-order chi connectivity index (χ0) is 19.9. The highest BCUT2D eigenvalue weighted by atomic mass is 16.5. The molecule has 0 fully saturated rings. The largest absolute Gasteiger partial charge is 0.480 e. The molecule has 0 saturated carbocycles. The molecule has 3 aromatic rings. The molecule has 1 heterocycles. The number of benzene rings is 2. The number of nitrogens with zero attached hydrogens (tertiary/aromatic N) is 1. The van der Waals surface area contributed by atoms with Gasteiger partial charge in [0.25, 0.3) is 5.91 Å². The van der Waals surface area contributed by atoms with Crippen molar-refractivity contribution in [1.29, 1.82) is 0 Å². The van der Waals surface area contributed by atoms with E-state index < -0.39 is 6.10 Å². The molecule has 0 aliphatic carbocycles. The summed E-state index contributed by atoms with van der Waals surface area (Å²) in [7, 11) is 0. The van der Waals surface area contributed by atoms with Gasteiger partial charge < -0.3 is 10.1 Å². The van der Waals surface area contributed by atoms with Gasteiger partial charge in [0.05, 0.1) is 0 Å². The average Bonchev–Trinajstić information content (AvgIpc) is 2.71. The van der Waals surface area contributed by atoms with Gasteiger partial charge in [-0.1, -0.05) is 31.2 Å². The third-order valence-corrected chi connectivity index (χ3v) is 4.87. The fourth-order valence-electron chi connectivity index (χ4n) is 2.99. The van der Waals surface area contributed by atoms with E-state index in [1.54, 1.807) is 12.4 Å². The highest BCUT2D eigenvalue weighted by Crippen LogP contribution is 2.23. The molecule has 0 aliphatic rings. The Morgan fingerprint density at radius 1 is 1.00 bits per heavy atom. The molecule has 0 saturated heterocycles. The lowest BCUT2D eigenvalue weighted by Gasteiger charge is -2.19. The summed E-state index contributed by atoms with van der Waals surface area (Å²) in [5, 5.41) is 2.96. The van der Waals surface area contributed by atoms with E-state index in [0.717, 1.165) is 29.0 Å². The topological polar surface area (TPSA) is 51.2 Å². The van der Waals surface area contributed by atoms with Crippen LogP contribution in [-0.2, 0) is 11.2 Å². The number of carbonyl (C=O) groups excluding carboxylic acids is 1. The molecule has 3 rings (SSSR count). The zero-order valence-corrected chi connectivity index (χ0v) is 16.6. The van der Waals surface area contributed by atoms with Gasteiger partial charge in [-0.3, -0.25) is 9.78 Å². The first-order chi connectivity index (χ1) is 13.6. The maximum Gasteiger partial charge on any atom is 0.265 e. The molecular formula is C24H26N2O2. The fourth-order valence-corrected chi connectivity index (χ4v) is 2.99. The highest BCUT2D eigenvalue weighted by Gasteiger charge is 2.19. The van der Waals surface area contributed by atoms with E-state index in [2.05, 4.69) is 10.3 Å². The molecule has 144 valence electrons. The van der Waals surface area contributed by atoms with E-state index in [0.29, 0.717) is 6.42 Å². The summed E-state index contributed by atoms with van der Waals surface area (Å²) in [6.07, 6.45) is 4.50. The van der Waals surface area contributed by atoms with Crippen LogP contribution in [0, 0.1) is 13.8 Å². The van der Waals surface area contributed by atoms with Crippen molar-refractivity contribution in [3.05, 3.63) is 89.2 Å². The predicted molar refractivity (Wildman–Crippen MR) is 113 cm³/mol. The van der Waals surface area contributed by atoms with E-state index >= 15 is 0 Å². The molecule has 0 radical (unpaired) electrons. The van der Waals surface area contributed by atoms with Crippen LogP contribution in [0.2, 0.25) is 0 Å². The van der Waals surface area contributed by atoms with Gasteiger partial charge in [0.15, 0.2) is 6.10 Å². The molecule has 28 heavy (non-hydrogen) atoms. The molecule has 2 aromatic carbocycles. The number of ether oxygens (including phenoxy) is 1. The second-order valence-electron chi connectivity index (χ2n) is 6.93. The van der Waals surface area contributed by atoms with Crippen molar-refractivity contribution in [3.8, 4) is 5.75 Å². The lowest BCUT2D eigenvalue weighted by Crippen LogP contribution is -2.32. The van der Waals surface area contributed by atoms with Crippen LogP contribution < -0.4 is 10.1 Å². The monoisotopic (exact) mass is 374 g/mol. The van der Waals surface area contributed by atoms with E-state index in [1.165, 1.54) is 11.1 Å². The Balaban J connectivity index is 1.63. The molecule has 0 unspecified atom stereocenters. The lowest BCUT2D eigenvalue weighted by molar-refractivity contribution is -0.122. The van der Waals surface area contributed by atoms with Gasteiger partial charge in [0.1, 0.15) is 5.75 Å². The van der Waals surface area contributed by atoms with E-state index in [4.69, 9.17) is 4.74 Å². The van der Waals surface area contributed by atoms with Gasteiger partial charge in [0, 0.05) is 18.1 Å². The molecule has 1 atom stereocenters. The second-order valence-corrected chi connectivity index (χ2v) is 6.93. The summed E-state index contributed by atoms with van der Waals surface area (Å²) >= 11 is 0. The summed E-state index contributed by atoms with van der Waals surface area (Å²) in [5.41, 5.74) is 5.38. The Hall–Kier alpha value is -3.14.